The van der Waals surface area contributed by atoms with Gasteiger partial charge in [0.1, 0.15) is 11.3 Å². The number of esters is 1. The molecule has 0 saturated heterocycles. The molecule has 0 fully saturated rings. The van der Waals surface area contributed by atoms with Gasteiger partial charge in [-0.05, 0) is 41.7 Å². The normalized spacial score (nSPS) is 16.6. The van der Waals surface area contributed by atoms with Crippen molar-refractivity contribution >= 4 is 16.9 Å². The molecule has 3 aromatic rings. The number of ether oxygens (including phenoxy) is 1. The zero-order chi connectivity index (χ0) is 18.4. The summed E-state index contributed by atoms with van der Waals surface area (Å²) in [5.41, 5.74) is 4.01. The van der Waals surface area contributed by atoms with Crippen LogP contribution in [0.25, 0.3) is 11.0 Å². The Kier molecular flexibility index (Phi) is 3.91. The SMILES string of the molecule is Cc1cc(=O)oc2c3c(ccc12)OC(=O)CC3c1ccc(C(C)C)cc1. The molecule has 1 aromatic heterocycles. The zero-order valence-electron chi connectivity index (χ0n) is 15.0. The van der Waals surface area contributed by atoms with Gasteiger partial charge in [0, 0.05) is 22.9 Å². The van der Waals surface area contributed by atoms with E-state index in [1.54, 1.807) is 6.07 Å². The summed E-state index contributed by atoms with van der Waals surface area (Å²) in [6, 6.07) is 13.4. The third kappa shape index (κ3) is 2.71. The molecule has 0 bridgehead atoms. The van der Waals surface area contributed by atoms with Gasteiger partial charge >= 0.3 is 11.6 Å². The van der Waals surface area contributed by atoms with Gasteiger partial charge in [-0.3, -0.25) is 4.79 Å². The smallest absolute Gasteiger partial charge is 0.336 e. The average Bonchev–Trinajstić information content (AvgIpc) is 2.60. The maximum Gasteiger partial charge on any atom is 0.336 e. The molecule has 0 N–H and O–H groups in total. The van der Waals surface area contributed by atoms with Crippen molar-refractivity contribution in [2.24, 2.45) is 0 Å². The van der Waals surface area contributed by atoms with Crippen molar-refractivity contribution in [2.75, 3.05) is 0 Å². The van der Waals surface area contributed by atoms with Crippen LogP contribution >= 0.6 is 0 Å². The first-order valence-electron chi connectivity index (χ1n) is 8.82. The predicted octanol–water partition coefficient (Wildman–Crippen LogP) is 4.67. The van der Waals surface area contributed by atoms with E-state index in [4.69, 9.17) is 9.15 Å². The van der Waals surface area contributed by atoms with Crippen molar-refractivity contribution in [3.8, 4) is 5.75 Å². The van der Waals surface area contributed by atoms with E-state index >= 15 is 0 Å². The number of carbonyl (C=O) groups is 1. The van der Waals surface area contributed by atoms with Crippen LogP contribution < -0.4 is 10.4 Å². The van der Waals surface area contributed by atoms with Crippen LogP contribution in [0.1, 0.15) is 54.4 Å². The van der Waals surface area contributed by atoms with Gasteiger partial charge in [-0.1, -0.05) is 38.1 Å². The maximum atomic E-state index is 12.1. The molecule has 2 aromatic carbocycles. The zero-order valence-corrected chi connectivity index (χ0v) is 15.0. The summed E-state index contributed by atoms with van der Waals surface area (Å²) in [6.45, 7) is 6.17. The van der Waals surface area contributed by atoms with E-state index in [-0.39, 0.29) is 18.3 Å². The fraction of sp³-hybridized carbons (Fsp3) is 0.273. The molecule has 0 saturated carbocycles. The Morgan fingerprint density at radius 1 is 1.04 bits per heavy atom. The van der Waals surface area contributed by atoms with Gasteiger partial charge in [0.25, 0.3) is 0 Å². The molecule has 4 nitrogen and oxygen atoms in total. The van der Waals surface area contributed by atoms with Gasteiger partial charge in [-0.2, -0.15) is 0 Å². The Morgan fingerprint density at radius 2 is 1.77 bits per heavy atom. The van der Waals surface area contributed by atoms with E-state index < -0.39 is 5.63 Å². The molecule has 4 rings (SSSR count). The highest BCUT2D eigenvalue weighted by Gasteiger charge is 2.31. The van der Waals surface area contributed by atoms with Crippen LogP contribution in [-0.2, 0) is 4.79 Å². The molecule has 0 aliphatic carbocycles. The Hall–Kier alpha value is -2.88. The first kappa shape index (κ1) is 16.6. The fourth-order valence-electron chi connectivity index (χ4n) is 3.64. The average molecular weight is 348 g/mol. The second-order valence-corrected chi connectivity index (χ2v) is 7.15. The predicted molar refractivity (Wildman–Crippen MR) is 99.8 cm³/mol. The van der Waals surface area contributed by atoms with Crippen LogP contribution in [0.15, 0.2) is 51.7 Å². The highest BCUT2D eigenvalue weighted by atomic mass is 16.5. The summed E-state index contributed by atoms with van der Waals surface area (Å²) >= 11 is 0. The van der Waals surface area contributed by atoms with Crippen molar-refractivity contribution in [3.05, 3.63) is 75.1 Å². The van der Waals surface area contributed by atoms with Gasteiger partial charge in [-0.25, -0.2) is 4.79 Å². The topological polar surface area (TPSA) is 56.5 Å². The van der Waals surface area contributed by atoms with Gasteiger partial charge in [0.15, 0.2) is 0 Å². The molecule has 1 unspecified atom stereocenters. The summed E-state index contributed by atoms with van der Waals surface area (Å²) in [5.74, 6) is 0.445. The van der Waals surface area contributed by atoms with E-state index in [1.165, 1.54) is 11.6 Å². The van der Waals surface area contributed by atoms with Gasteiger partial charge in [0.2, 0.25) is 0 Å². The molecule has 26 heavy (non-hydrogen) atoms. The molecule has 0 radical (unpaired) electrons. The Bertz CT molecular complexity index is 1060. The van der Waals surface area contributed by atoms with Crippen LogP contribution in [0, 0.1) is 6.92 Å². The maximum absolute atomic E-state index is 12.1. The lowest BCUT2D eigenvalue weighted by Crippen LogP contribution is -2.21. The number of benzene rings is 2. The lowest BCUT2D eigenvalue weighted by atomic mass is 9.84. The molecule has 4 heteroatoms. The van der Waals surface area contributed by atoms with Crippen LogP contribution in [0.5, 0.6) is 5.75 Å². The number of hydrogen-bond donors (Lipinski definition) is 0. The number of hydrogen-bond acceptors (Lipinski definition) is 4. The highest BCUT2D eigenvalue weighted by molar-refractivity contribution is 5.89. The lowest BCUT2D eigenvalue weighted by Gasteiger charge is -2.26. The second kappa shape index (κ2) is 6.13. The highest BCUT2D eigenvalue weighted by Crippen LogP contribution is 2.43. The number of aryl methyl sites for hydroxylation is 1. The molecular formula is C22H20O4. The Balaban J connectivity index is 1.95. The minimum Gasteiger partial charge on any atom is -0.426 e. The van der Waals surface area contributed by atoms with Crippen molar-refractivity contribution in [2.45, 2.75) is 39.0 Å². The van der Waals surface area contributed by atoms with E-state index in [1.807, 2.05) is 13.0 Å². The molecular weight excluding hydrogens is 328 g/mol. The van der Waals surface area contributed by atoms with Crippen molar-refractivity contribution < 1.29 is 13.9 Å². The van der Waals surface area contributed by atoms with E-state index in [0.717, 1.165) is 22.1 Å². The summed E-state index contributed by atoms with van der Waals surface area (Å²) in [5, 5.41) is 0.866. The minimum atomic E-state index is -0.394. The van der Waals surface area contributed by atoms with Crippen molar-refractivity contribution in [3.63, 3.8) is 0 Å². The molecule has 1 aliphatic heterocycles. The molecule has 132 valence electrons. The van der Waals surface area contributed by atoms with Gasteiger partial charge < -0.3 is 9.15 Å². The standard InChI is InChI=1S/C22H20O4/c1-12(2)14-4-6-15(7-5-14)17-11-20(24)25-18-9-8-16-13(3)10-19(23)26-22(16)21(17)18/h4-10,12,17H,11H2,1-3H3. The minimum absolute atomic E-state index is 0.193. The number of carbonyl (C=O) groups excluding carboxylic acids is 1. The van der Waals surface area contributed by atoms with Crippen LogP contribution in [0.4, 0.5) is 0 Å². The summed E-state index contributed by atoms with van der Waals surface area (Å²) in [7, 11) is 0. The monoisotopic (exact) mass is 348 g/mol. The van der Waals surface area contributed by atoms with Crippen LogP contribution in [-0.4, -0.2) is 5.97 Å². The molecule has 1 atom stereocenters. The van der Waals surface area contributed by atoms with Crippen molar-refractivity contribution in [1.29, 1.82) is 0 Å². The Labute approximate surface area is 151 Å². The first-order chi connectivity index (χ1) is 12.4. The molecule has 1 aliphatic rings. The molecule has 0 spiro atoms. The largest absolute Gasteiger partial charge is 0.426 e. The first-order valence-corrected chi connectivity index (χ1v) is 8.82. The third-order valence-corrected chi connectivity index (χ3v) is 5.07. The molecule has 2 heterocycles. The Morgan fingerprint density at radius 3 is 2.46 bits per heavy atom. The van der Waals surface area contributed by atoms with E-state index in [9.17, 15) is 9.59 Å². The van der Waals surface area contributed by atoms with Gasteiger partial charge in [0.05, 0.1) is 6.42 Å². The number of rotatable bonds is 2. The summed E-state index contributed by atoms with van der Waals surface area (Å²) in [6.07, 6.45) is 0.227. The number of fused-ring (bicyclic) bond motifs is 3. The lowest BCUT2D eigenvalue weighted by molar-refractivity contribution is -0.135. The summed E-state index contributed by atoms with van der Waals surface area (Å²) in [4.78, 5) is 24.1. The van der Waals surface area contributed by atoms with Crippen LogP contribution in [0.3, 0.4) is 0 Å². The van der Waals surface area contributed by atoms with Gasteiger partial charge in [-0.15, -0.1) is 0 Å². The van der Waals surface area contributed by atoms with Crippen LogP contribution in [0.2, 0.25) is 0 Å². The fourth-order valence-corrected chi connectivity index (χ4v) is 3.64. The second-order valence-electron chi connectivity index (χ2n) is 7.15. The summed E-state index contributed by atoms with van der Waals surface area (Å²) < 4.78 is 11.0. The quantitative estimate of drug-likeness (QED) is 0.384. The van der Waals surface area contributed by atoms with Crippen molar-refractivity contribution in [1.82, 2.24) is 0 Å². The van der Waals surface area contributed by atoms with E-state index in [0.29, 0.717) is 17.3 Å². The molecule has 0 amide bonds. The van der Waals surface area contributed by atoms with E-state index in [2.05, 4.69) is 38.1 Å². The third-order valence-electron chi connectivity index (χ3n) is 5.07.